The van der Waals surface area contributed by atoms with Crippen molar-refractivity contribution in [2.75, 3.05) is 0 Å². The van der Waals surface area contributed by atoms with Crippen molar-refractivity contribution in [3.05, 3.63) is 29.6 Å². The lowest BCUT2D eigenvalue weighted by Gasteiger charge is -1.98. The first-order valence-electron chi connectivity index (χ1n) is 5.39. The van der Waals surface area contributed by atoms with Crippen molar-refractivity contribution in [3.8, 4) is 0 Å². The lowest BCUT2D eigenvalue weighted by molar-refractivity contribution is 0.759. The van der Waals surface area contributed by atoms with Gasteiger partial charge in [-0.2, -0.15) is 5.10 Å². The highest BCUT2D eigenvalue weighted by Gasteiger charge is 2.01. The monoisotopic (exact) mass is 216 g/mol. The summed E-state index contributed by atoms with van der Waals surface area (Å²) in [5.41, 5.74) is 8.57. The molecular weight excluding hydrogens is 200 g/mol. The van der Waals surface area contributed by atoms with Crippen LogP contribution in [0.3, 0.4) is 0 Å². The summed E-state index contributed by atoms with van der Waals surface area (Å²) < 4.78 is 0. The van der Waals surface area contributed by atoms with E-state index in [1.165, 1.54) is 0 Å². The lowest BCUT2D eigenvalue weighted by Crippen LogP contribution is -2.12. The third kappa shape index (κ3) is 2.28. The summed E-state index contributed by atoms with van der Waals surface area (Å²) in [6.07, 6.45) is 6.81. The third-order valence-corrected chi connectivity index (χ3v) is 2.44. The van der Waals surface area contributed by atoms with Gasteiger partial charge in [-0.1, -0.05) is 12.2 Å². The Morgan fingerprint density at radius 3 is 3.12 bits per heavy atom. The Kier molecular flexibility index (Phi) is 3.01. The van der Waals surface area contributed by atoms with E-state index in [9.17, 15) is 0 Å². The molecule has 16 heavy (non-hydrogen) atoms. The number of fused-ring (bicyclic) bond motifs is 1. The Balaban J connectivity index is 2.25. The van der Waals surface area contributed by atoms with Crippen molar-refractivity contribution in [3.63, 3.8) is 0 Å². The number of rotatable bonds is 3. The number of H-pyrrole nitrogens is 1. The van der Waals surface area contributed by atoms with E-state index >= 15 is 0 Å². The van der Waals surface area contributed by atoms with Crippen molar-refractivity contribution in [1.29, 1.82) is 0 Å². The summed E-state index contributed by atoms with van der Waals surface area (Å²) >= 11 is 0. The molecule has 0 aliphatic carbocycles. The van der Waals surface area contributed by atoms with Crippen LogP contribution >= 0.6 is 0 Å². The molecule has 0 saturated heterocycles. The molecule has 0 amide bonds. The molecule has 0 aromatic carbocycles. The van der Waals surface area contributed by atoms with Gasteiger partial charge >= 0.3 is 0 Å². The van der Waals surface area contributed by atoms with Gasteiger partial charge in [0.15, 0.2) is 5.65 Å². The molecule has 1 atom stereocenters. The van der Waals surface area contributed by atoms with Crippen LogP contribution in [0.15, 0.2) is 18.3 Å². The number of hydrogen-bond acceptors (Lipinski definition) is 3. The molecule has 0 unspecified atom stereocenters. The molecule has 2 rings (SSSR count). The minimum Gasteiger partial charge on any atom is -0.328 e. The van der Waals surface area contributed by atoms with E-state index in [-0.39, 0.29) is 6.04 Å². The number of nitrogens with one attached hydrogen (secondary N) is 1. The van der Waals surface area contributed by atoms with Crippen LogP contribution in [0.25, 0.3) is 17.1 Å². The number of aryl methyl sites for hydroxylation is 1. The molecule has 2 heterocycles. The molecule has 2 aromatic heterocycles. The molecule has 0 saturated carbocycles. The average molecular weight is 216 g/mol. The van der Waals surface area contributed by atoms with Gasteiger partial charge in [-0.15, -0.1) is 0 Å². The van der Waals surface area contributed by atoms with Crippen molar-refractivity contribution in [2.24, 2.45) is 5.73 Å². The first-order valence-corrected chi connectivity index (χ1v) is 5.39. The van der Waals surface area contributed by atoms with Crippen LogP contribution in [0.5, 0.6) is 0 Å². The van der Waals surface area contributed by atoms with Crippen molar-refractivity contribution < 1.29 is 0 Å². The maximum Gasteiger partial charge on any atom is 0.181 e. The Bertz CT molecular complexity index is 511. The zero-order valence-electron chi connectivity index (χ0n) is 9.57. The molecule has 0 radical (unpaired) electrons. The van der Waals surface area contributed by atoms with Crippen LogP contribution in [-0.4, -0.2) is 21.2 Å². The average Bonchev–Trinajstić information content (AvgIpc) is 2.60. The van der Waals surface area contributed by atoms with Gasteiger partial charge in [-0.3, -0.25) is 5.10 Å². The number of aromatic amines is 1. The van der Waals surface area contributed by atoms with Crippen LogP contribution in [0, 0.1) is 6.92 Å². The van der Waals surface area contributed by atoms with Gasteiger partial charge in [0, 0.05) is 23.3 Å². The number of nitrogens with two attached hydrogens (primary N) is 1. The number of hydrogen-bond donors (Lipinski definition) is 2. The molecule has 0 spiro atoms. The van der Waals surface area contributed by atoms with Gasteiger partial charge < -0.3 is 5.73 Å². The van der Waals surface area contributed by atoms with E-state index in [0.29, 0.717) is 0 Å². The molecule has 2 aromatic rings. The van der Waals surface area contributed by atoms with Crippen molar-refractivity contribution >= 4 is 17.1 Å². The largest absolute Gasteiger partial charge is 0.328 e. The zero-order valence-corrected chi connectivity index (χ0v) is 9.57. The molecule has 84 valence electrons. The van der Waals surface area contributed by atoms with Crippen LogP contribution in [0.4, 0.5) is 0 Å². The minimum atomic E-state index is 0.198. The van der Waals surface area contributed by atoms with Crippen LogP contribution < -0.4 is 5.73 Å². The fourth-order valence-corrected chi connectivity index (χ4v) is 1.55. The second-order valence-electron chi connectivity index (χ2n) is 4.10. The SMILES string of the molecule is Cc1[nH]nc2ncc(/C=C/C[C@H](C)N)cc12. The second kappa shape index (κ2) is 4.45. The quantitative estimate of drug-likeness (QED) is 0.824. The van der Waals surface area contributed by atoms with Gasteiger partial charge in [0.05, 0.1) is 0 Å². The van der Waals surface area contributed by atoms with Gasteiger partial charge in [0.2, 0.25) is 0 Å². The molecule has 3 N–H and O–H groups in total. The highest BCUT2D eigenvalue weighted by atomic mass is 15.1. The second-order valence-corrected chi connectivity index (χ2v) is 4.10. The first kappa shape index (κ1) is 10.8. The van der Waals surface area contributed by atoms with E-state index < -0.39 is 0 Å². The van der Waals surface area contributed by atoms with Crippen molar-refractivity contribution in [2.45, 2.75) is 26.3 Å². The topological polar surface area (TPSA) is 67.6 Å². The van der Waals surface area contributed by atoms with Crippen molar-refractivity contribution in [1.82, 2.24) is 15.2 Å². The lowest BCUT2D eigenvalue weighted by atomic mass is 10.1. The van der Waals surface area contributed by atoms with E-state index in [4.69, 9.17) is 5.73 Å². The standard InChI is InChI=1S/C12H16N4/c1-8(13)4-3-5-10-6-11-9(2)15-16-12(11)14-7-10/h3,5-8H,4,13H2,1-2H3,(H,14,15,16)/b5-3+/t8-/m0/s1. The van der Waals surface area contributed by atoms with Gasteiger partial charge in [-0.25, -0.2) is 4.98 Å². The smallest absolute Gasteiger partial charge is 0.181 e. The summed E-state index contributed by atoms with van der Waals surface area (Å²) in [7, 11) is 0. The summed E-state index contributed by atoms with van der Waals surface area (Å²) in [6.45, 7) is 3.98. The van der Waals surface area contributed by atoms with Gasteiger partial charge in [-0.05, 0) is 31.9 Å². The zero-order chi connectivity index (χ0) is 11.5. The van der Waals surface area contributed by atoms with E-state index in [0.717, 1.165) is 28.7 Å². The highest BCUT2D eigenvalue weighted by molar-refractivity contribution is 5.79. The Morgan fingerprint density at radius 2 is 2.38 bits per heavy atom. The maximum atomic E-state index is 5.67. The maximum absolute atomic E-state index is 5.67. The predicted octanol–water partition coefficient (Wildman–Crippen LogP) is 2.02. The number of aromatic nitrogens is 3. The Hall–Kier alpha value is -1.68. The molecule has 4 heteroatoms. The third-order valence-electron chi connectivity index (χ3n) is 2.44. The Labute approximate surface area is 94.6 Å². The van der Waals surface area contributed by atoms with Gasteiger partial charge in [0.1, 0.15) is 0 Å². The fourth-order valence-electron chi connectivity index (χ4n) is 1.55. The molecule has 4 nitrogen and oxygen atoms in total. The normalized spacial score (nSPS) is 13.7. The fraction of sp³-hybridized carbons (Fsp3) is 0.333. The highest BCUT2D eigenvalue weighted by Crippen LogP contribution is 2.15. The molecule has 0 bridgehead atoms. The Morgan fingerprint density at radius 1 is 1.56 bits per heavy atom. The molecular formula is C12H16N4. The summed E-state index contributed by atoms with van der Waals surface area (Å²) in [4.78, 5) is 4.27. The first-order chi connectivity index (χ1) is 7.66. The minimum absolute atomic E-state index is 0.198. The molecule has 0 fully saturated rings. The van der Waals surface area contributed by atoms with E-state index in [1.807, 2.05) is 26.1 Å². The van der Waals surface area contributed by atoms with Gasteiger partial charge in [0.25, 0.3) is 0 Å². The number of nitrogens with zero attached hydrogens (tertiary/aromatic N) is 2. The van der Waals surface area contributed by atoms with E-state index in [1.54, 1.807) is 0 Å². The summed E-state index contributed by atoms with van der Waals surface area (Å²) in [5, 5.41) is 8.08. The summed E-state index contributed by atoms with van der Waals surface area (Å²) in [6, 6.07) is 2.28. The predicted molar refractivity (Wildman–Crippen MR) is 65.9 cm³/mol. The van der Waals surface area contributed by atoms with Crippen LogP contribution in [0.1, 0.15) is 24.6 Å². The summed E-state index contributed by atoms with van der Waals surface area (Å²) in [5.74, 6) is 0. The molecule has 0 aliphatic heterocycles. The molecule has 0 aliphatic rings. The van der Waals surface area contributed by atoms with Crippen LogP contribution in [0.2, 0.25) is 0 Å². The van der Waals surface area contributed by atoms with E-state index in [2.05, 4.69) is 27.3 Å². The number of pyridine rings is 1. The van der Waals surface area contributed by atoms with Crippen LogP contribution in [-0.2, 0) is 0 Å².